The van der Waals surface area contributed by atoms with E-state index < -0.39 is 0 Å². The van der Waals surface area contributed by atoms with Gasteiger partial charge in [-0.2, -0.15) is 0 Å². The Balaban J connectivity index is 1.87. The molecule has 0 fully saturated rings. The summed E-state index contributed by atoms with van der Waals surface area (Å²) in [5.41, 5.74) is 2.26. The van der Waals surface area contributed by atoms with Crippen molar-refractivity contribution in [2.75, 3.05) is 41.0 Å². The van der Waals surface area contributed by atoms with E-state index in [9.17, 15) is 14.0 Å². The third-order valence-electron chi connectivity index (χ3n) is 5.93. The summed E-state index contributed by atoms with van der Waals surface area (Å²) in [6.45, 7) is 3.36. The second-order valence-corrected chi connectivity index (χ2v) is 9.58. The predicted octanol–water partition coefficient (Wildman–Crippen LogP) is 4.92. The number of halogens is 1. The molecule has 1 heterocycles. The highest BCUT2D eigenvalue weighted by molar-refractivity contribution is 7.10. The van der Waals surface area contributed by atoms with Crippen LogP contribution in [0.15, 0.2) is 53.9 Å². The zero-order chi connectivity index (χ0) is 26.8. The molecule has 0 bridgehead atoms. The van der Waals surface area contributed by atoms with Gasteiger partial charge in [0.2, 0.25) is 5.91 Å². The molecule has 3 rings (SSSR count). The molecule has 0 saturated heterocycles. The van der Waals surface area contributed by atoms with Crippen LogP contribution in [0.2, 0.25) is 0 Å². The first-order valence-corrected chi connectivity index (χ1v) is 12.8. The predicted molar refractivity (Wildman–Crippen MR) is 142 cm³/mol. The number of hydrogen-bond donors (Lipinski definition) is 0. The number of ether oxygens (including phenoxy) is 3. The molecule has 0 atom stereocenters. The lowest BCUT2D eigenvalue weighted by Crippen LogP contribution is -2.43. The molecule has 7 nitrogen and oxygen atoms in total. The van der Waals surface area contributed by atoms with E-state index in [0.717, 1.165) is 16.0 Å². The summed E-state index contributed by atoms with van der Waals surface area (Å²) >= 11 is 1.58. The van der Waals surface area contributed by atoms with Gasteiger partial charge in [0, 0.05) is 43.3 Å². The van der Waals surface area contributed by atoms with Crippen molar-refractivity contribution in [1.82, 2.24) is 9.80 Å². The highest BCUT2D eigenvalue weighted by Gasteiger charge is 2.24. The maximum absolute atomic E-state index is 13.7. The molecule has 0 aliphatic carbocycles. The van der Waals surface area contributed by atoms with E-state index in [-0.39, 0.29) is 24.2 Å². The molecule has 2 amide bonds. The van der Waals surface area contributed by atoms with Gasteiger partial charge in [-0.25, -0.2) is 4.39 Å². The van der Waals surface area contributed by atoms with E-state index in [4.69, 9.17) is 14.2 Å². The quantitative estimate of drug-likeness (QED) is 0.295. The van der Waals surface area contributed by atoms with Crippen molar-refractivity contribution in [3.8, 4) is 11.5 Å². The van der Waals surface area contributed by atoms with Gasteiger partial charge in [0.15, 0.2) is 0 Å². The first-order valence-electron chi connectivity index (χ1n) is 11.9. The van der Waals surface area contributed by atoms with Gasteiger partial charge in [-0.15, -0.1) is 11.3 Å². The Morgan fingerprint density at radius 2 is 1.59 bits per heavy atom. The molecule has 0 aliphatic heterocycles. The number of hydrogen-bond acceptors (Lipinski definition) is 6. The van der Waals surface area contributed by atoms with Crippen molar-refractivity contribution >= 4 is 23.2 Å². The summed E-state index contributed by atoms with van der Waals surface area (Å²) in [6, 6.07) is 13.0. The van der Waals surface area contributed by atoms with E-state index in [1.54, 1.807) is 53.7 Å². The number of benzene rings is 2. The van der Waals surface area contributed by atoms with E-state index in [0.29, 0.717) is 49.7 Å². The molecule has 9 heteroatoms. The molecule has 0 unspecified atom stereocenters. The van der Waals surface area contributed by atoms with Crippen molar-refractivity contribution in [2.45, 2.75) is 26.4 Å². The van der Waals surface area contributed by atoms with Crippen LogP contribution in [0.5, 0.6) is 11.5 Å². The van der Waals surface area contributed by atoms with E-state index in [2.05, 4.69) is 0 Å². The number of aryl methyl sites for hydroxylation is 1. The van der Waals surface area contributed by atoms with E-state index in [1.165, 1.54) is 31.3 Å². The van der Waals surface area contributed by atoms with Gasteiger partial charge in [-0.05, 0) is 60.2 Å². The summed E-state index contributed by atoms with van der Waals surface area (Å²) in [7, 11) is 4.63. The second kappa shape index (κ2) is 13.8. The number of carbonyl (C=O) groups is 2. The van der Waals surface area contributed by atoms with Crippen LogP contribution >= 0.6 is 11.3 Å². The van der Waals surface area contributed by atoms with Crippen LogP contribution in [0.25, 0.3) is 0 Å². The molecule has 0 aliphatic rings. The van der Waals surface area contributed by atoms with Gasteiger partial charge in [0.25, 0.3) is 5.91 Å². The van der Waals surface area contributed by atoms with Crippen molar-refractivity contribution in [2.24, 2.45) is 0 Å². The van der Waals surface area contributed by atoms with Crippen LogP contribution in [0.3, 0.4) is 0 Å². The third kappa shape index (κ3) is 8.03. The maximum Gasteiger partial charge on any atom is 0.254 e. The average Bonchev–Trinajstić information content (AvgIpc) is 3.32. The zero-order valence-electron chi connectivity index (χ0n) is 21.7. The lowest BCUT2D eigenvalue weighted by atomic mass is 10.1. The molecule has 3 aromatic rings. The summed E-state index contributed by atoms with van der Waals surface area (Å²) in [5, 5.41) is 1.99. The molecule has 198 valence electrons. The van der Waals surface area contributed by atoms with Gasteiger partial charge >= 0.3 is 0 Å². The molecule has 2 aromatic carbocycles. The van der Waals surface area contributed by atoms with Gasteiger partial charge in [0.05, 0.1) is 20.8 Å². The van der Waals surface area contributed by atoms with Gasteiger partial charge < -0.3 is 24.0 Å². The lowest BCUT2D eigenvalue weighted by molar-refractivity contribution is -0.133. The number of nitrogens with zero attached hydrogens (tertiary/aromatic N) is 2. The van der Waals surface area contributed by atoms with Crippen LogP contribution in [0.1, 0.15) is 32.8 Å². The summed E-state index contributed by atoms with van der Waals surface area (Å²) < 4.78 is 29.3. The monoisotopic (exact) mass is 528 g/mol. The Kier molecular flexibility index (Phi) is 10.5. The number of carbonyl (C=O) groups excluding carboxylic acids is 2. The first-order chi connectivity index (χ1) is 17.8. The van der Waals surface area contributed by atoms with Gasteiger partial charge in [-0.1, -0.05) is 12.1 Å². The Morgan fingerprint density at radius 1 is 0.919 bits per heavy atom. The Labute approximate surface area is 221 Å². The topological polar surface area (TPSA) is 68.3 Å². The number of amides is 2. The molecule has 0 N–H and O–H groups in total. The third-order valence-corrected chi connectivity index (χ3v) is 6.94. The van der Waals surface area contributed by atoms with Crippen molar-refractivity contribution < 1.29 is 28.2 Å². The minimum Gasteiger partial charge on any atom is -0.497 e. The van der Waals surface area contributed by atoms with Crippen LogP contribution in [0, 0.1) is 12.7 Å². The molecule has 37 heavy (non-hydrogen) atoms. The summed E-state index contributed by atoms with van der Waals surface area (Å²) in [5.74, 6) is 0.113. The van der Waals surface area contributed by atoms with Crippen LogP contribution in [-0.2, 0) is 22.6 Å². The zero-order valence-corrected chi connectivity index (χ0v) is 22.5. The Hall–Kier alpha value is -3.43. The fourth-order valence-corrected chi connectivity index (χ4v) is 4.73. The highest BCUT2D eigenvalue weighted by atomic mass is 32.1. The molecule has 0 radical (unpaired) electrons. The summed E-state index contributed by atoms with van der Waals surface area (Å²) in [4.78, 5) is 31.5. The van der Waals surface area contributed by atoms with Crippen LogP contribution < -0.4 is 9.47 Å². The fourth-order valence-electron chi connectivity index (χ4n) is 3.81. The number of methoxy groups -OCH3 is 3. The molecular weight excluding hydrogens is 495 g/mol. The SMILES string of the molecule is COCCCN(CC(=O)N(Cc1ccc(F)cc1)Cc1sccc1C)C(=O)c1cc(OC)cc(OC)c1. The van der Waals surface area contributed by atoms with Crippen molar-refractivity contribution in [3.05, 3.63) is 81.3 Å². The first kappa shape index (κ1) is 28.1. The minimum atomic E-state index is -0.334. The number of thiophene rings is 1. The lowest BCUT2D eigenvalue weighted by Gasteiger charge is -2.28. The average molecular weight is 529 g/mol. The standard InChI is InChI=1S/C28H33FN2O5S/c1-20-10-13-37-26(20)18-31(17-21-6-8-23(29)9-7-21)27(32)19-30(11-5-12-34-2)28(33)22-14-24(35-3)16-25(15-22)36-4/h6-10,13-16H,5,11-12,17-19H2,1-4H3. The number of rotatable bonds is 13. The van der Waals surface area contributed by atoms with E-state index in [1.807, 2.05) is 18.4 Å². The normalized spacial score (nSPS) is 10.7. The molecule has 0 spiro atoms. The molecule has 1 aromatic heterocycles. The second-order valence-electron chi connectivity index (χ2n) is 8.58. The largest absolute Gasteiger partial charge is 0.497 e. The smallest absolute Gasteiger partial charge is 0.254 e. The highest BCUT2D eigenvalue weighted by Crippen LogP contribution is 2.24. The van der Waals surface area contributed by atoms with Crippen LogP contribution in [0.4, 0.5) is 4.39 Å². The molecule has 0 saturated carbocycles. The molecular formula is C28H33FN2O5S. The van der Waals surface area contributed by atoms with Gasteiger partial charge in [0.1, 0.15) is 23.9 Å². The van der Waals surface area contributed by atoms with Gasteiger partial charge in [-0.3, -0.25) is 9.59 Å². The fraction of sp³-hybridized carbons (Fsp3) is 0.357. The minimum absolute atomic E-state index is 0.117. The van der Waals surface area contributed by atoms with Crippen LogP contribution in [-0.4, -0.2) is 62.6 Å². The van der Waals surface area contributed by atoms with Crippen molar-refractivity contribution in [1.29, 1.82) is 0 Å². The Morgan fingerprint density at radius 3 is 2.16 bits per heavy atom. The van der Waals surface area contributed by atoms with Crippen molar-refractivity contribution in [3.63, 3.8) is 0 Å². The maximum atomic E-state index is 13.7. The summed E-state index contributed by atoms with van der Waals surface area (Å²) in [6.07, 6.45) is 0.568. The van der Waals surface area contributed by atoms with E-state index >= 15 is 0 Å². The Bertz CT molecular complexity index is 1160.